The summed E-state index contributed by atoms with van der Waals surface area (Å²) in [5.74, 6) is 1.83. The predicted molar refractivity (Wildman–Crippen MR) is 115 cm³/mol. The topological polar surface area (TPSA) is 46.5 Å². The maximum absolute atomic E-state index is 6.00. The Balaban J connectivity index is 2.32. The van der Waals surface area contributed by atoms with E-state index in [0.717, 1.165) is 42.0 Å². The van der Waals surface area contributed by atoms with Gasteiger partial charge >= 0.3 is 0 Å². The first-order valence-corrected chi connectivity index (χ1v) is 9.78. The molecule has 6 nitrogen and oxygen atoms in total. The van der Waals surface area contributed by atoms with Gasteiger partial charge in [0, 0.05) is 50.5 Å². The molecule has 0 aliphatic carbocycles. The van der Waals surface area contributed by atoms with Gasteiger partial charge in [-0.15, -0.1) is 0 Å². The molecule has 1 atom stereocenters. The summed E-state index contributed by atoms with van der Waals surface area (Å²) in [5, 5.41) is 10.6. The third-order valence-electron chi connectivity index (χ3n) is 4.73. The minimum absolute atomic E-state index is 0.0262. The summed E-state index contributed by atoms with van der Waals surface area (Å²) in [4.78, 5) is 9.38. The van der Waals surface area contributed by atoms with E-state index in [2.05, 4.69) is 48.0 Å². The smallest absolute Gasteiger partial charge is 0.204 e. The van der Waals surface area contributed by atoms with Crippen LogP contribution in [0.15, 0.2) is 45.8 Å². The van der Waals surface area contributed by atoms with E-state index in [1.807, 2.05) is 43.2 Å². The fourth-order valence-electron chi connectivity index (χ4n) is 3.25. The van der Waals surface area contributed by atoms with Crippen LogP contribution in [0.3, 0.4) is 0 Å². The van der Waals surface area contributed by atoms with Gasteiger partial charge in [0.2, 0.25) is 5.96 Å². The quantitative estimate of drug-likeness (QED) is 0.571. The highest BCUT2D eigenvalue weighted by atomic mass is 35.5. The summed E-state index contributed by atoms with van der Waals surface area (Å²) in [7, 11) is 4.02. The second-order valence-corrected chi connectivity index (χ2v) is 6.95. The van der Waals surface area contributed by atoms with Crippen molar-refractivity contribution in [3.8, 4) is 0 Å². The number of aliphatic imine (C=N–C) groups is 1. The van der Waals surface area contributed by atoms with Gasteiger partial charge < -0.3 is 9.80 Å². The van der Waals surface area contributed by atoms with E-state index in [4.69, 9.17) is 16.6 Å². The third-order valence-corrected chi connectivity index (χ3v) is 4.98. The molecular weight excluding hydrogens is 360 g/mol. The minimum atomic E-state index is 0.0262. The van der Waals surface area contributed by atoms with Crippen molar-refractivity contribution in [2.24, 2.45) is 10.1 Å². The number of nitrogens with one attached hydrogen (secondary N) is 1. The third kappa shape index (κ3) is 5.02. The number of nitrogens with zero attached hydrogens (tertiary/aromatic N) is 5. The fraction of sp³-hybridized carbons (Fsp3) is 0.500. The summed E-state index contributed by atoms with van der Waals surface area (Å²) in [6.07, 6.45) is 1.81. The summed E-state index contributed by atoms with van der Waals surface area (Å²) in [6, 6.07) is 7.93. The largest absolute Gasteiger partial charge is 0.343 e. The molecule has 1 heterocycles. The zero-order valence-electron chi connectivity index (χ0n) is 17.2. The Morgan fingerprint density at radius 3 is 2.44 bits per heavy atom. The molecule has 148 valence electrons. The van der Waals surface area contributed by atoms with Gasteiger partial charge in [-0.1, -0.05) is 23.7 Å². The molecule has 0 aromatic heterocycles. The van der Waals surface area contributed by atoms with E-state index in [1.165, 1.54) is 5.56 Å². The number of hydrogen-bond donors (Lipinski definition) is 1. The lowest BCUT2D eigenvalue weighted by Gasteiger charge is -2.41. The highest BCUT2D eigenvalue weighted by Crippen LogP contribution is 2.24. The molecule has 1 N–H and O–H groups in total. The van der Waals surface area contributed by atoms with Crippen LogP contribution in [-0.2, 0) is 6.54 Å². The van der Waals surface area contributed by atoms with Crippen molar-refractivity contribution in [2.75, 3.05) is 27.2 Å². The standard InChI is InChI=1S/C20H31ClN6/c1-7-23-26(6)19-15(4)18(22-14-16-10-12-17(21)13-11-16)25(5)20(24-19)27(8-2)9-3/h7,10-13,18,22H,8-9,14H2,1-6H3/b23-7-. The molecule has 0 saturated heterocycles. The summed E-state index contributed by atoms with van der Waals surface area (Å²) in [5.41, 5.74) is 2.32. The Kier molecular flexibility index (Phi) is 7.68. The van der Waals surface area contributed by atoms with Crippen LogP contribution in [-0.4, -0.2) is 60.3 Å². The van der Waals surface area contributed by atoms with Crippen LogP contribution in [0.2, 0.25) is 5.02 Å². The van der Waals surface area contributed by atoms with Crippen molar-refractivity contribution >= 4 is 23.8 Å². The average molecular weight is 391 g/mol. The molecule has 1 unspecified atom stereocenters. The van der Waals surface area contributed by atoms with Crippen LogP contribution in [0.25, 0.3) is 0 Å². The predicted octanol–water partition coefficient (Wildman–Crippen LogP) is 3.57. The minimum Gasteiger partial charge on any atom is -0.343 e. The molecule has 0 fully saturated rings. The Morgan fingerprint density at radius 2 is 1.89 bits per heavy atom. The van der Waals surface area contributed by atoms with Gasteiger partial charge in [-0.3, -0.25) is 10.3 Å². The van der Waals surface area contributed by atoms with Crippen molar-refractivity contribution in [3.63, 3.8) is 0 Å². The van der Waals surface area contributed by atoms with Crippen molar-refractivity contribution in [1.29, 1.82) is 0 Å². The molecule has 2 rings (SSSR count). The van der Waals surface area contributed by atoms with Crippen LogP contribution in [0.1, 0.15) is 33.3 Å². The van der Waals surface area contributed by atoms with E-state index in [9.17, 15) is 0 Å². The molecule has 0 radical (unpaired) electrons. The van der Waals surface area contributed by atoms with Gasteiger partial charge in [0.1, 0.15) is 6.17 Å². The van der Waals surface area contributed by atoms with Crippen LogP contribution in [0, 0.1) is 0 Å². The molecule has 0 bridgehead atoms. The molecule has 1 aromatic carbocycles. The number of guanidine groups is 1. The molecule has 1 aliphatic rings. The van der Waals surface area contributed by atoms with Gasteiger partial charge in [0.05, 0.1) is 0 Å². The first-order chi connectivity index (χ1) is 12.9. The van der Waals surface area contributed by atoms with Gasteiger partial charge in [0.15, 0.2) is 5.82 Å². The Labute approximate surface area is 168 Å². The van der Waals surface area contributed by atoms with Crippen LogP contribution in [0.5, 0.6) is 0 Å². The summed E-state index contributed by atoms with van der Waals surface area (Å²) >= 11 is 6.00. The molecular formula is C20H31ClN6. The molecule has 0 spiro atoms. The van der Waals surface area contributed by atoms with E-state index in [1.54, 1.807) is 6.21 Å². The van der Waals surface area contributed by atoms with Crippen molar-refractivity contribution in [1.82, 2.24) is 20.1 Å². The van der Waals surface area contributed by atoms with Crippen LogP contribution in [0.4, 0.5) is 0 Å². The second kappa shape index (κ2) is 9.76. The van der Waals surface area contributed by atoms with Gasteiger partial charge in [0.25, 0.3) is 0 Å². The van der Waals surface area contributed by atoms with Crippen molar-refractivity contribution in [2.45, 2.75) is 40.4 Å². The number of likely N-dealkylation sites (N-methyl/N-ethyl adjacent to an activating group) is 1. The van der Waals surface area contributed by atoms with Gasteiger partial charge in [-0.2, -0.15) is 10.1 Å². The van der Waals surface area contributed by atoms with Gasteiger partial charge in [-0.05, 0) is 45.4 Å². The number of hydrogen-bond acceptors (Lipinski definition) is 6. The second-order valence-electron chi connectivity index (χ2n) is 6.51. The van der Waals surface area contributed by atoms with Crippen molar-refractivity contribution in [3.05, 3.63) is 46.2 Å². The van der Waals surface area contributed by atoms with E-state index < -0.39 is 0 Å². The van der Waals surface area contributed by atoms with E-state index >= 15 is 0 Å². The fourth-order valence-corrected chi connectivity index (χ4v) is 3.38. The number of hydrazone groups is 1. The molecule has 0 amide bonds. The summed E-state index contributed by atoms with van der Waals surface area (Å²) < 4.78 is 0. The van der Waals surface area contributed by atoms with Crippen LogP contribution >= 0.6 is 11.6 Å². The normalized spacial score (nSPS) is 17.5. The molecule has 7 heteroatoms. The summed E-state index contributed by atoms with van der Waals surface area (Å²) in [6.45, 7) is 10.8. The number of benzene rings is 1. The maximum Gasteiger partial charge on any atom is 0.204 e. The van der Waals surface area contributed by atoms with Crippen LogP contribution < -0.4 is 5.32 Å². The lowest BCUT2D eigenvalue weighted by molar-refractivity contribution is 0.269. The highest BCUT2D eigenvalue weighted by molar-refractivity contribution is 6.30. The monoisotopic (exact) mass is 390 g/mol. The maximum atomic E-state index is 6.00. The Bertz CT molecular complexity index is 706. The number of halogens is 1. The van der Waals surface area contributed by atoms with E-state index in [-0.39, 0.29) is 6.17 Å². The number of rotatable bonds is 7. The molecule has 0 saturated carbocycles. The Hall–Kier alpha value is -2.05. The zero-order valence-corrected chi connectivity index (χ0v) is 18.0. The van der Waals surface area contributed by atoms with E-state index in [0.29, 0.717) is 0 Å². The highest BCUT2D eigenvalue weighted by Gasteiger charge is 2.30. The lowest BCUT2D eigenvalue weighted by atomic mass is 10.1. The molecule has 27 heavy (non-hydrogen) atoms. The SMILES string of the molecule is C/C=N\N(C)C1=C(C)C(NCc2ccc(Cl)cc2)N(C)C(N(CC)CC)=N1. The first kappa shape index (κ1) is 21.3. The molecule has 1 aromatic rings. The van der Waals surface area contributed by atoms with Crippen molar-refractivity contribution < 1.29 is 0 Å². The zero-order chi connectivity index (χ0) is 20.0. The molecule has 1 aliphatic heterocycles. The average Bonchev–Trinajstić information content (AvgIpc) is 2.65. The first-order valence-electron chi connectivity index (χ1n) is 9.40. The van der Waals surface area contributed by atoms with Gasteiger partial charge in [-0.25, -0.2) is 0 Å². The Morgan fingerprint density at radius 1 is 1.26 bits per heavy atom. The lowest BCUT2D eigenvalue weighted by Crippen LogP contribution is -2.55.